The number of hydrazine groups is 1. The van der Waals surface area contributed by atoms with Crippen LogP contribution in [0.15, 0.2) is 41.2 Å². The fourth-order valence-electron chi connectivity index (χ4n) is 4.07. The zero-order valence-electron chi connectivity index (χ0n) is 22.8. The summed E-state index contributed by atoms with van der Waals surface area (Å²) in [7, 11) is 1.71. The van der Waals surface area contributed by atoms with Crippen molar-refractivity contribution in [2.75, 3.05) is 11.9 Å². The van der Waals surface area contributed by atoms with Gasteiger partial charge in [0.1, 0.15) is 11.4 Å². The highest BCUT2D eigenvalue weighted by molar-refractivity contribution is 6.31. The maximum Gasteiger partial charge on any atom is 0.296 e. The number of anilines is 1. The molecular weight excluding hydrogens is 524 g/mol. The van der Waals surface area contributed by atoms with Gasteiger partial charge in [-0.2, -0.15) is 4.68 Å². The predicted molar refractivity (Wildman–Crippen MR) is 148 cm³/mol. The van der Waals surface area contributed by atoms with Gasteiger partial charge < -0.3 is 10.1 Å². The van der Waals surface area contributed by atoms with Gasteiger partial charge in [0, 0.05) is 30.6 Å². The molecule has 0 fully saturated rings. The van der Waals surface area contributed by atoms with Crippen LogP contribution in [0.5, 0.6) is 5.75 Å². The maximum absolute atomic E-state index is 13.1. The minimum Gasteiger partial charge on any atom is -0.493 e. The lowest BCUT2D eigenvalue weighted by Crippen LogP contribution is -2.43. The second-order valence-electron chi connectivity index (χ2n) is 9.88. The highest BCUT2D eigenvalue weighted by Crippen LogP contribution is 2.26. The quantitative estimate of drug-likeness (QED) is 0.345. The van der Waals surface area contributed by atoms with Crippen molar-refractivity contribution in [3.8, 4) is 11.6 Å². The molecule has 11 nitrogen and oxygen atoms in total. The van der Waals surface area contributed by atoms with E-state index in [9.17, 15) is 19.2 Å². The lowest BCUT2D eigenvalue weighted by atomic mass is 9.85. The van der Waals surface area contributed by atoms with Crippen LogP contribution in [-0.4, -0.2) is 38.7 Å². The van der Waals surface area contributed by atoms with E-state index in [1.165, 1.54) is 10.7 Å². The van der Waals surface area contributed by atoms with Gasteiger partial charge in [-0.15, -0.1) is 0 Å². The Hall–Kier alpha value is -4.12. The van der Waals surface area contributed by atoms with E-state index in [4.69, 9.17) is 16.3 Å². The van der Waals surface area contributed by atoms with Crippen molar-refractivity contribution >= 4 is 35.0 Å². The molecule has 0 aliphatic heterocycles. The Labute approximate surface area is 231 Å². The number of hydrogen-bond acceptors (Lipinski definition) is 6. The molecule has 3 aromatic rings. The molecule has 2 aromatic heterocycles. The van der Waals surface area contributed by atoms with Crippen molar-refractivity contribution in [1.82, 2.24) is 25.2 Å². The molecule has 3 N–H and O–H groups in total. The molecule has 3 rings (SSSR count). The van der Waals surface area contributed by atoms with E-state index >= 15 is 0 Å². The van der Waals surface area contributed by atoms with E-state index < -0.39 is 28.7 Å². The van der Waals surface area contributed by atoms with Gasteiger partial charge in [0.05, 0.1) is 17.9 Å². The first-order chi connectivity index (χ1) is 18.3. The number of pyridine rings is 1. The average molecular weight is 557 g/mol. The van der Waals surface area contributed by atoms with Crippen LogP contribution in [0.4, 0.5) is 5.69 Å². The van der Waals surface area contributed by atoms with Crippen molar-refractivity contribution in [2.45, 2.75) is 47.5 Å². The molecule has 0 spiro atoms. The van der Waals surface area contributed by atoms with E-state index in [1.807, 2.05) is 13.0 Å². The van der Waals surface area contributed by atoms with Crippen LogP contribution in [0.25, 0.3) is 5.82 Å². The molecule has 2 heterocycles. The van der Waals surface area contributed by atoms with Gasteiger partial charge in [-0.05, 0) is 56.5 Å². The highest BCUT2D eigenvalue weighted by Gasteiger charge is 2.27. The van der Waals surface area contributed by atoms with E-state index in [-0.39, 0.29) is 24.1 Å². The van der Waals surface area contributed by atoms with Crippen LogP contribution >= 0.6 is 11.6 Å². The number of amides is 3. The minimum atomic E-state index is -0.786. The van der Waals surface area contributed by atoms with Crippen LogP contribution in [0, 0.1) is 19.3 Å². The number of hydrogen-bond donors (Lipinski definition) is 3. The Morgan fingerprint density at radius 1 is 1.05 bits per heavy atom. The van der Waals surface area contributed by atoms with Crippen molar-refractivity contribution in [1.29, 1.82) is 0 Å². The summed E-state index contributed by atoms with van der Waals surface area (Å²) in [5.41, 5.74) is 5.15. The second-order valence-corrected chi connectivity index (χ2v) is 10.3. The van der Waals surface area contributed by atoms with Gasteiger partial charge in [-0.25, -0.2) is 4.98 Å². The van der Waals surface area contributed by atoms with Gasteiger partial charge in [-0.1, -0.05) is 31.5 Å². The summed E-state index contributed by atoms with van der Waals surface area (Å²) in [6, 6.07) is 9.95. The fraction of sp³-hybridized carbons (Fsp3) is 0.370. The number of carbonyl (C=O) groups is 3. The number of halogens is 1. The van der Waals surface area contributed by atoms with Crippen LogP contribution < -0.4 is 26.5 Å². The van der Waals surface area contributed by atoms with Crippen LogP contribution in [0.1, 0.15) is 55.4 Å². The van der Waals surface area contributed by atoms with Gasteiger partial charge in [0.2, 0.25) is 11.8 Å². The standard InChI is InChI=1S/C27H33ClN6O5/c1-7-39-20-12-11-18(28)13-19(20)25(37)32-31-23(36)15-27(4,5)14-22(35)30-24-17(3)33(6)34(26(24)38)21-10-8-9-16(2)29-21/h8-13H,7,14-15H2,1-6H3,(H,30,35)(H,31,36)(H,32,37). The summed E-state index contributed by atoms with van der Waals surface area (Å²) in [4.78, 5) is 55.6. The Kier molecular flexibility index (Phi) is 9.18. The third-order valence-corrected chi connectivity index (χ3v) is 6.22. The normalized spacial score (nSPS) is 11.2. The number of aryl methyl sites for hydroxylation is 1. The Morgan fingerprint density at radius 2 is 1.74 bits per heavy atom. The summed E-state index contributed by atoms with van der Waals surface area (Å²) in [5, 5.41) is 3.04. The second kappa shape index (κ2) is 12.2. The fourth-order valence-corrected chi connectivity index (χ4v) is 4.24. The number of ether oxygens (including phenoxy) is 1. The number of nitrogens with one attached hydrogen (secondary N) is 3. The Balaban J connectivity index is 1.62. The van der Waals surface area contributed by atoms with Crippen molar-refractivity contribution in [3.05, 3.63) is 68.7 Å². The summed E-state index contributed by atoms with van der Waals surface area (Å²) in [6.07, 6.45) is -0.118. The maximum atomic E-state index is 13.1. The zero-order valence-corrected chi connectivity index (χ0v) is 23.6. The van der Waals surface area contributed by atoms with Crippen LogP contribution in [0.2, 0.25) is 5.02 Å². The molecule has 0 radical (unpaired) electrons. The molecule has 12 heteroatoms. The Morgan fingerprint density at radius 3 is 2.41 bits per heavy atom. The third kappa shape index (κ3) is 7.26. The largest absolute Gasteiger partial charge is 0.493 e. The number of benzene rings is 1. The monoisotopic (exact) mass is 556 g/mol. The molecule has 0 aliphatic rings. The first kappa shape index (κ1) is 29.4. The van der Waals surface area contributed by atoms with Crippen LogP contribution in [-0.2, 0) is 16.6 Å². The van der Waals surface area contributed by atoms with E-state index in [0.29, 0.717) is 28.9 Å². The Bertz CT molecular complexity index is 1460. The average Bonchev–Trinajstić information content (AvgIpc) is 3.06. The van der Waals surface area contributed by atoms with Crippen molar-refractivity contribution in [3.63, 3.8) is 0 Å². The van der Waals surface area contributed by atoms with E-state index in [1.54, 1.807) is 63.7 Å². The van der Waals surface area contributed by atoms with E-state index in [2.05, 4.69) is 21.2 Å². The van der Waals surface area contributed by atoms with E-state index in [0.717, 1.165) is 5.69 Å². The molecule has 0 atom stereocenters. The summed E-state index contributed by atoms with van der Waals surface area (Å²) in [5.74, 6) is -0.739. The molecule has 208 valence electrons. The van der Waals surface area contributed by atoms with Gasteiger partial charge in [-0.3, -0.25) is 34.7 Å². The van der Waals surface area contributed by atoms with Gasteiger partial charge in [0.15, 0.2) is 5.82 Å². The van der Waals surface area contributed by atoms with Crippen molar-refractivity contribution < 1.29 is 19.1 Å². The molecule has 0 saturated carbocycles. The van der Waals surface area contributed by atoms with Gasteiger partial charge >= 0.3 is 0 Å². The summed E-state index contributed by atoms with van der Waals surface area (Å²) < 4.78 is 8.45. The summed E-state index contributed by atoms with van der Waals surface area (Å²) >= 11 is 6.00. The van der Waals surface area contributed by atoms with Gasteiger partial charge in [0.25, 0.3) is 11.5 Å². The first-order valence-corrected chi connectivity index (χ1v) is 12.7. The number of rotatable bonds is 9. The molecule has 0 unspecified atom stereocenters. The van der Waals surface area contributed by atoms with Crippen LogP contribution in [0.3, 0.4) is 0 Å². The van der Waals surface area contributed by atoms with Crippen molar-refractivity contribution in [2.24, 2.45) is 12.5 Å². The minimum absolute atomic E-state index is 0.0480. The molecular formula is C27H33ClN6O5. The molecule has 0 saturated heterocycles. The topological polar surface area (TPSA) is 136 Å². The molecule has 3 amide bonds. The third-order valence-electron chi connectivity index (χ3n) is 5.99. The lowest BCUT2D eigenvalue weighted by molar-refractivity contribution is -0.124. The predicted octanol–water partition coefficient (Wildman–Crippen LogP) is 3.45. The zero-order chi connectivity index (χ0) is 28.9. The SMILES string of the molecule is CCOc1ccc(Cl)cc1C(=O)NNC(=O)CC(C)(C)CC(=O)Nc1c(C)n(C)n(-c2cccc(C)n2)c1=O. The molecule has 0 bridgehead atoms. The molecule has 39 heavy (non-hydrogen) atoms. The number of aromatic nitrogens is 3. The summed E-state index contributed by atoms with van der Waals surface area (Å²) in [6.45, 7) is 9.17. The highest BCUT2D eigenvalue weighted by atomic mass is 35.5. The number of nitrogens with zero attached hydrogens (tertiary/aromatic N) is 3. The smallest absolute Gasteiger partial charge is 0.296 e. The first-order valence-electron chi connectivity index (χ1n) is 12.4. The number of carbonyl (C=O) groups excluding carboxylic acids is 3. The molecule has 0 aliphatic carbocycles. The molecule has 1 aromatic carbocycles. The lowest BCUT2D eigenvalue weighted by Gasteiger charge is -2.23.